The monoisotopic (exact) mass is 320 g/mol. The fraction of sp³-hybridized carbons (Fsp3) is 0.118. The van der Waals surface area contributed by atoms with Gasteiger partial charge >= 0.3 is 0 Å². The molecule has 2 rings (SSSR count). The van der Waals surface area contributed by atoms with Crippen LogP contribution in [0.2, 0.25) is 5.02 Å². The zero-order chi connectivity index (χ0) is 16.1. The Labute approximate surface area is 132 Å². The molecule has 22 heavy (non-hydrogen) atoms. The van der Waals surface area contributed by atoms with Gasteiger partial charge in [0, 0.05) is 5.56 Å². The van der Waals surface area contributed by atoms with Crippen molar-refractivity contribution >= 4 is 23.5 Å². The van der Waals surface area contributed by atoms with E-state index in [1.807, 2.05) is 0 Å². The summed E-state index contributed by atoms with van der Waals surface area (Å²) in [5, 5.41) is 0.238. The Morgan fingerprint density at radius 1 is 1.18 bits per heavy atom. The number of benzene rings is 2. The van der Waals surface area contributed by atoms with Gasteiger partial charge in [-0.1, -0.05) is 17.7 Å². The van der Waals surface area contributed by atoms with Crippen LogP contribution in [0.5, 0.6) is 11.5 Å². The van der Waals surface area contributed by atoms with Crippen LogP contribution in [0, 0.1) is 5.82 Å². The van der Waals surface area contributed by atoms with Crippen LogP contribution in [0.1, 0.15) is 15.9 Å². The zero-order valence-electron chi connectivity index (χ0n) is 12.1. The zero-order valence-corrected chi connectivity index (χ0v) is 12.9. The number of ether oxygens (including phenoxy) is 2. The third-order valence-electron chi connectivity index (χ3n) is 3.07. The van der Waals surface area contributed by atoms with E-state index in [0.717, 1.165) is 0 Å². The molecule has 3 nitrogen and oxygen atoms in total. The summed E-state index contributed by atoms with van der Waals surface area (Å²) in [6, 6.07) is 9.22. The molecule has 0 amide bonds. The molecule has 5 heteroatoms. The minimum absolute atomic E-state index is 0.166. The largest absolute Gasteiger partial charge is 0.497 e. The number of hydrogen-bond donors (Lipinski definition) is 0. The average molecular weight is 321 g/mol. The highest BCUT2D eigenvalue weighted by Gasteiger charge is 2.12. The van der Waals surface area contributed by atoms with Gasteiger partial charge < -0.3 is 9.47 Å². The molecule has 114 valence electrons. The minimum atomic E-state index is -0.492. The predicted molar refractivity (Wildman–Crippen MR) is 84.3 cm³/mol. The van der Waals surface area contributed by atoms with Gasteiger partial charge in [-0.2, -0.15) is 0 Å². The number of carbonyl (C=O) groups excluding carboxylic acids is 1. The van der Waals surface area contributed by atoms with Gasteiger partial charge in [0.1, 0.15) is 17.3 Å². The van der Waals surface area contributed by atoms with Gasteiger partial charge in [0.2, 0.25) is 0 Å². The first kappa shape index (κ1) is 16.0. The summed E-state index contributed by atoms with van der Waals surface area (Å²) in [5.74, 6) is 0.112. The highest BCUT2D eigenvalue weighted by molar-refractivity contribution is 6.32. The standard InChI is InChI=1S/C17H14ClFO3/c1-21-11-6-9-17(22-2)13(10-11)16(20)8-7-12-14(18)4-3-5-15(12)19/h3-10H,1-2H3. The van der Waals surface area contributed by atoms with Crippen LogP contribution in [-0.2, 0) is 0 Å². The number of allylic oxidation sites excluding steroid dienone is 1. The Balaban J connectivity index is 2.35. The van der Waals surface area contributed by atoms with E-state index in [2.05, 4.69) is 0 Å². The topological polar surface area (TPSA) is 35.5 Å². The molecule has 0 saturated heterocycles. The van der Waals surface area contributed by atoms with E-state index in [9.17, 15) is 9.18 Å². The highest BCUT2D eigenvalue weighted by atomic mass is 35.5. The summed E-state index contributed by atoms with van der Waals surface area (Å²) in [4.78, 5) is 12.3. The summed E-state index contributed by atoms with van der Waals surface area (Å²) < 4.78 is 23.9. The number of ketones is 1. The van der Waals surface area contributed by atoms with E-state index in [1.165, 1.54) is 38.5 Å². The van der Waals surface area contributed by atoms with E-state index in [1.54, 1.807) is 24.3 Å². The third-order valence-corrected chi connectivity index (χ3v) is 3.40. The lowest BCUT2D eigenvalue weighted by atomic mass is 10.1. The molecule has 0 spiro atoms. The molecule has 0 unspecified atom stereocenters. The maximum absolute atomic E-state index is 13.7. The third kappa shape index (κ3) is 3.46. The van der Waals surface area contributed by atoms with Gasteiger partial charge in [0.15, 0.2) is 5.78 Å². The van der Waals surface area contributed by atoms with Gasteiger partial charge in [-0.3, -0.25) is 4.79 Å². The quantitative estimate of drug-likeness (QED) is 0.605. The summed E-state index contributed by atoms with van der Waals surface area (Å²) in [7, 11) is 2.97. The molecule has 0 aliphatic heterocycles. The van der Waals surface area contributed by atoms with Gasteiger partial charge in [-0.15, -0.1) is 0 Å². The first-order valence-corrected chi connectivity index (χ1v) is 6.83. The molecule has 2 aromatic carbocycles. The molecule has 0 aromatic heterocycles. The van der Waals surface area contributed by atoms with Crippen molar-refractivity contribution in [3.63, 3.8) is 0 Å². The van der Waals surface area contributed by atoms with Crippen LogP contribution in [0.15, 0.2) is 42.5 Å². The van der Waals surface area contributed by atoms with E-state index in [-0.39, 0.29) is 16.4 Å². The molecule has 0 radical (unpaired) electrons. The van der Waals surface area contributed by atoms with Crippen molar-refractivity contribution in [2.45, 2.75) is 0 Å². The summed E-state index contributed by atoms with van der Waals surface area (Å²) in [6.07, 6.45) is 2.60. The smallest absolute Gasteiger partial charge is 0.189 e. The molecule has 0 aliphatic carbocycles. The normalized spacial score (nSPS) is 10.7. The van der Waals surface area contributed by atoms with E-state index >= 15 is 0 Å². The SMILES string of the molecule is COc1ccc(OC)c(C(=O)C=Cc2c(F)cccc2Cl)c1. The van der Waals surface area contributed by atoms with E-state index in [0.29, 0.717) is 17.1 Å². The van der Waals surface area contributed by atoms with Gasteiger partial charge in [0.25, 0.3) is 0 Å². The molecule has 2 aromatic rings. The van der Waals surface area contributed by atoms with Crippen molar-refractivity contribution in [1.29, 1.82) is 0 Å². The average Bonchev–Trinajstić information content (AvgIpc) is 2.53. The predicted octanol–water partition coefficient (Wildman–Crippen LogP) is 4.39. The van der Waals surface area contributed by atoms with Crippen LogP contribution in [-0.4, -0.2) is 20.0 Å². The Bertz CT molecular complexity index is 706. The van der Waals surface area contributed by atoms with Crippen molar-refractivity contribution in [2.75, 3.05) is 14.2 Å². The maximum Gasteiger partial charge on any atom is 0.189 e. The van der Waals surface area contributed by atoms with Crippen LogP contribution < -0.4 is 9.47 Å². The van der Waals surface area contributed by atoms with Crippen LogP contribution in [0.4, 0.5) is 4.39 Å². The van der Waals surface area contributed by atoms with E-state index < -0.39 is 5.82 Å². The second kappa shape index (κ2) is 7.09. The second-order valence-electron chi connectivity index (χ2n) is 4.40. The summed E-state index contributed by atoms with van der Waals surface area (Å²) in [5.41, 5.74) is 0.491. The fourth-order valence-corrected chi connectivity index (χ4v) is 2.15. The van der Waals surface area contributed by atoms with Crippen LogP contribution in [0.3, 0.4) is 0 Å². The van der Waals surface area contributed by atoms with Crippen LogP contribution >= 0.6 is 11.6 Å². The fourth-order valence-electron chi connectivity index (χ4n) is 1.93. The summed E-state index contributed by atoms with van der Waals surface area (Å²) in [6.45, 7) is 0. The number of rotatable bonds is 5. The maximum atomic E-state index is 13.7. The molecule has 0 saturated carbocycles. The molecule has 0 atom stereocenters. The van der Waals surface area contributed by atoms with E-state index in [4.69, 9.17) is 21.1 Å². The highest BCUT2D eigenvalue weighted by Crippen LogP contribution is 2.26. The van der Waals surface area contributed by atoms with Crippen LogP contribution in [0.25, 0.3) is 6.08 Å². The second-order valence-corrected chi connectivity index (χ2v) is 4.81. The molecule has 0 N–H and O–H groups in total. The van der Waals surface area contributed by atoms with Gasteiger partial charge in [0.05, 0.1) is 24.8 Å². The number of hydrogen-bond acceptors (Lipinski definition) is 3. The Morgan fingerprint density at radius 3 is 2.59 bits per heavy atom. The first-order valence-electron chi connectivity index (χ1n) is 6.45. The lowest BCUT2D eigenvalue weighted by molar-refractivity contribution is 0.104. The molecule has 0 bridgehead atoms. The molecule has 0 heterocycles. The van der Waals surface area contributed by atoms with Crippen molar-refractivity contribution in [2.24, 2.45) is 0 Å². The minimum Gasteiger partial charge on any atom is -0.497 e. The number of halogens is 2. The lowest BCUT2D eigenvalue weighted by Gasteiger charge is -2.08. The van der Waals surface area contributed by atoms with Crippen molar-refractivity contribution in [3.05, 3.63) is 64.4 Å². The molecule has 0 fully saturated rings. The van der Waals surface area contributed by atoms with Crippen molar-refractivity contribution < 1.29 is 18.7 Å². The number of methoxy groups -OCH3 is 2. The van der Waals surface area contributed by atoms with Crippen molar-refractivity contribution in [1.82, 2.24) is 0 Å². The van der Waals surface area contributed by atoms with Gasteiger partial charge in [-0.05, 0) is 42.5 Å². The summed E-state index contributed by atoms with van der Waals surface area (Å²) >= 11 is 5.92. The van der Waals surface area contributed by atoms with Crippen molar-refractivity contribution in [3.8, 4) is 11.5 Å². The first-order chi connectivity index (χ1) is 10.6. The number of carbonyl (C=O) groups is 1. The lowest BCUT2D eigenvalue weighted by Crippen LogP contribution is -2.00. The Hall–Kier alpha value is -2.33. The molecule has 0 aliphatic rings. The molecular formula is C17H14ClFO3. The molecular weight excluding hydrogens is 307 g/mol. The Kier molecular flexibility index (Phi) is 5.17. The Morgan fingerprint density at radius 2 is 1.95 bits per heavy atom. The van der Waals surface area contributed by atoms with Gasteiger partial charge in [-0.25, -0.2) is 4.39 Å².